The molecule has 11 nitrogen and oxygen atoms in total. The second kappa shape index (κ2) is 30.3. The van der Waals surface area contributed by atoms with Crippen LogP contribution >= 0.6 is 0 Å². The van der Waals surface area contributed by atoms with E-state index in [4.69, 9.17) is 48.4 Å². The predicted molar refractivity (Wildman–Crippen MR) is 117 cm³/mol. The van der Waals surface area contributed by atoms with Gasteiger partial charge in [0, 0.05) is 13.0 Å². The smallest absolute Gasteiger partial charge is 0.122 e. The number of hydrogen-bond donors (Lipinski definition) is 1. The van der Waals surface area contributed by atoms with Crippen LogP contribution in [0.1, 0.15) is 6.42 Å². The maximum atomic E-state index is 10.1. The molecule has 0 radical (unpaired) electrons. The molecule has 0 amide bonds. The Bertz CT molecular complexity index is 353. The SMILES string of the molecule is NCCOCCOCCOCCOCCOCCOCCOCCOCCOCCC=O. The largest absolute Gasteiger partial charge is 0.379 e. The minimum absolute atomic E-state index is 0.419. The highest BCUT2D eigenvalue weighted by atomic mass is 16.6. The summed E-state index contributed by atoms with van der Waals surface area (Å²) in [5.41, 5.74) is 5.31. The van der Waals surface area contributed by atoms with Crippen LogP contribution in [0.4, 0.5) is 0 Å². The molecule has 0 aromatic rings. The molecule has 192 valence electrons. The number of hydrogen-bond acceptors (Lipinski definition) is 11. The fourth-order valence-electron chi connectivity index (χ4n) is 2.08. The van der Waals surface area contributed by atoms with E-state index in [-0.39, 0.29) is 0 Å². The second-order valence-electron chi connectivity index (χ2n) is 6.26. The molecule has 32 heavy (non-hydrogen) atoms. The van der Waals surface area contributed by atoms with Gasteiger partial charge < -0.3 is 53.2 Å². The van der Waals surface area contributed by atoms with Crippen LogP contribution in [0.15, 0.2) is 0 Å². The van der Waals surface area contributed by atoms with Gasteiger partial charge in [-0.15, -0.1) is 0 Å². The van der Waals surface area contributed by atoms with Gasteiger partial charge in [0.2, 0.25) is 0 Å². The molecule has 0 aliphatic rings. The van der Waals surface area contributed by atoms with E-state index < -0.39 is 0 Å². The standard InChI is InChI=1S/C21H43NO10/c22-2-5-25-7-9-27-11-13-29-15-17-31-19-21-32-20-18-30-16-14-28-12-10-26-8-6-24-4-1-3-23/h3H,1-2,4-22H2. The zero-order valence-corrected chi connectivity index (χ0v) is 19.4. The summed E-state index contributed by atoms with van der Waals surface area (Å²) in [6.07, 6.45) is 1.25. The summed E-state index contributed by atoms with van der Waals surface area (Å²) in [6.45, 7) is 9.81. The maximum absolute atomic E-state index is 10.1. The number of carbonyl (C=O) groups is 1. The molecule has 0 unspecified atom stereocenters. The predicted octanol–water partition coefficient (Wildman–Crippen LogP) is -0.316. The van der Waals surface area contributed by atoms with Crippen LogP contribution in [-0.2, 0) is 47.4 Å². The zero-order valence-electron chi connectivity index (χ0n) is 19.4. The van der Waals surface area contributed by atoms with E-state index in [1.807, 2.05) is 0 Å². The van der Waals surface area contributed by atoms with Gasteiger partial charge in [-0.05, 0) is 0 Å². The molecule has 0 heterocycles. The lowest BCUT2D eigenvalue weighted by atomic mass is 10.5. The quantitative estimate of drug-likeness (QED) is 0.114. The highest BCUT2D eigenvalue weighted by Gasteiger charge is 1.95. The maximum Gasteiger partial charge on any atom is 0.122 e. The highest BCUT2D eigenvalue weighted by molar-refractivity contribution is 5.49. The van der Waals surface area contributed by atoms with Crippen LogP contribution in [-0.4, -0.2) is 132 Å². The van der Waals surface area contributed by atoms with Crippen LogP contribution in [0.2, 0.25) is 0 Å². The second-order valence-corrected chi connectivity index (χ2v) is 6.26. The molecule has 0 saturated carbocycles. The summed E-state index contributed by atoms with van der Waals surface area (Å²) in [4.78, 5) is 10.1. The third-order valence-electron chi connectivity index (χ3n) is 3.62. The molecular formula is C21H43NO10. The third kappa shape index (κ3) is 29.3. The lowest BCUT2D eigenvalue weighted by Gasteiger charge is -2.08. The summed E-state index contributed by atoms with van der Waals surface area (Å²) in [6, 6.07) is 0. The van der Waals surface area contributed by atoms with Crippen molar-refractivity contribution in [2.45, 2.75) is 6.42 Å². The molecule has 2 N–H and O–H groups in total. The Balaban J connectivity index is 2.99. The molecule has 0 aromatic carbocycles. The Morgan fingerprint density at radius 1 is 0.375 bits per heavy atom. The molecule has 11 heteroatoms. The first-order valence-electron chi connectivity index (χ1n) is 11.2. The first kappa shape index (κ1) is 31.3. The van der Waals surface area contributed by atoms with Crippen LogP contribution < -0.4 is 5.73 Å². The number of ether oxygens (including phenoxy) is 9. The van der Waals surface area contributed by atoms with E-state index >= 15 is 0 Å². The highest BCUT2D eigenvalue weighted by Crippen LogP contribution is 1.86. The minimum atomic E-state index is 0.419. The van der Waals surface area contributed by atoms with E-state index in [9.17, 15) is 4.79 Å². The average Bonchev–Trinajstić information content (AvgIpc) is 2.81. The average molecular weight is 470 g/mol. The van der Waals surface area contributed by atoms with Gasteiger partial charge in [0.05, 0.1) is 119 Å². The summed E-state index contributed by atoms with van der Waals surface area (Å²) in [7, 11) is 0. The van der Waals surface area contributed by atoms with Gasteiger partial charge in [0.15, 0.2) is 0 Å². The van der Waals surface area contributed by atoms with Gasteiger partial charge in [-0.3, -0.25) is 0 Å². The first-order chi connectivity index (χ1) is 15.9. The number of aldehydes is 1. The first-order valence-corrected chi connectivity index (χ1v) is 11.2. The van der Waals surface area contributed by atoms with Crippen molar-refractivity contribution < 1.29 is 47.4 Å². The van der Waals surface area contributed by atoms with Crippen molar-refractivity contribution in [3.8, 4) is 0 Å². The Morgan fingerprint density at radius 3 is 0.812 bits per heavy atom. The van der Waals surface area contributed by atoms with Crippen molar-refractivity contribution in [1.29, 1.82) is 0 Å². The van der Waals surface area contributed by atoms with Crippen molar-refractivity contribution in [2.24, 2.45) is 5.73 Å². The Labute approximate surface area is 192 Å². The molecular weight excluding hydrogens is 426 g/mol. The van der Waals surface area contributed by atoms with Crippen LogP contribution in [0, 0.1) is 0 Å². The van der Waals surface area contributed by atoms with E-state index in [2.05, 4.69) is 0 Å². The van der Waals surface area contributed by atoms with Gasteiger partial charge in [0.1, 0.15) is 6.29 Å². The number of carbonyl (C=O) groups excluding carboxylic acids is 1. The molecule has 0 aliphatic carbocycles. The summed E-state index contributed by atoms with van der Waals surface area (Å²) >= 11 is 0. The van der Waals surface area contributed by atoms with Crippen molar-refractivity contribution in [2.75, 3.05) is 125 Å². The van der Waals surface area contributed by atoms with Gasteiger partial charge >= 0.3 is 0 Å². The monoisotopic (exact) mass is 469 g/mol. The van der Waals surface area contributed by atoms with E-state index in [1.165, 1.54) is 0 Å². The van der Waals surface area contributed by atoms with Gasteiger partial charge in [-0.25, -0.2) is 0 Å². The molecule has 0 spiro atoms. The van der Waals surface area contributed by atoms with Gasteiger partial charge in [-0.1, -0.05) is 0 Å². The van der Waals surface area contributed by atoms with E-state index in [0.717, 1.165) is 6.29 Å². The molecule has 0 atom stereocenters. The zero-order chi connectivity index (χ0) is 23.2. The van der Waals surface area contributed by atoms with Gasteiger partial charge in [-0.2, -0.15) is 0 Å². The third-order valence-corrected chi connectivity index (χ3v) is 3.62. The van der Waals surface area contributed by atoms with Crippen molar-refractivity contribution in [3.05, 3.63) is 0 Å². The minimum Gasteiger partial charge on any atom is -0.379 e. The fraction of sp³-hybridized carbons (Fsp3) is 0.952. The van der Waals surface area contributed by atoms with Crippen molar-refractivity contribution in [1.82, 2.24) is 0 Å². The Morgan fingerprint density at radius 2 is 0.594 bits per heavy atom. The summed E-state index contributed by atoms with van der Waals surface area (Å²) in [5, 5.41) is 0. The molecule has 0 fully saturated rings. The van der Waals surface area contributed by atoms with Crippen LogP contribution in [0.3, 0.4) is 0 Å². The Hall–Kier alpha value is -0.730. The van der Waals surface area contributed by atoms with Crippen LogP contribution in [0.25, 0.3) is 0 Å². The van der Waals surface area contributed by atoms with E-state index in [1.54, 1.807) is 0 Å². The lowest BCUT2D eigenvalue weighted by molar-refractivity contribution is -0.108. The molecule has 0 saturated heterocycles. The van der Waals surface area contributed by atoms with Crippen molar-refractivity contribution >= 4 is 6.29 Å². The summed E-state index contributed by atoms with van der Waals surface area (Å²) < 4.78 is 48.0. The van der Waals surface area contributed by atoms with Crippen molar-refractivity contribution in [3.63, 3.8) is 0 Å². The van der Waals surface area contributed by atoms with E-state index in [0.29, 0.717) is 132 Å². The number of rotatable bonds is 29. The normalized spacial score (nSPS) is 11.3. The molecule has 0 bridgehead atoms. The fourth-order valence-corrected chi connectivity index (χ4v) is 2.08. The molecule has 0 rings (SSSR count). The lowest BCUT2D eigenvalue weighted by Crippen LogP contribution is -2.15. The molecule has 0 aromatic heterocycles. The Kier molecular flexibility index (Phi) is 29.6. The topological polar surface area (TPSA) is 126 Å². The number of nitrogens with two attached hydrogens (primary N) is 1. The molecule has 0 aliphatic heterocycles. The summed E-state index contributed by atoms with van der Waals surface area (Å²) in [5.74, 6) is 0. The van der Waals surface area contributed by atoms with Gasteiger partial charge in [0.25, 0.3) is 0 Å². The van der Waals surface area contributed by atoms with Crippen LogP contribution in [0.5, 0.6) is 0 Å².